The highest BCUT2D eigenvalue weighted by Gasteiger charge is 2.43. The molecule has 0 spiro atoms. The summed E-state index contributed by atoms with van der Waals surface area (Å²) in [6.45, 7) is 8.95. The number of nitrogens with zero attached hydrogens (tertiary/aromatic N) is 1. The molecule has 0 aromatic heterocycles. The van der Waals surface area contributed by atoms with E-state index >= 15 is 0 Å². The smallest absolute Gasteiger partial charge is 0.237 e. The second kappa shape index (κ2) is 7.44. The summed E-state index contributed by atoms with van der Waals surface area (Å²) in [5.74, 6) is 0.645. The SMILES string of the molecule is CCCC1(NC(=O)C[C@H]2C(=O)NCCN2CCC(C)C)CC1. The van der Waals surface area contributed by atoms with Gasteiger partial charge in [0.2, 0.25) is 11.8 Å². The van der Waals surface area contributed by atoms with Gasteiger partial charge in [-0.2, -0.15) is 0 Å². The summed E-state index contributed by atoms with van der Waals surface area (Å²) >= 11 is 0. The Morgan fingerprint density at radius 2 is 2.18 bits per heavy atom. The van der Waals surface area contributed by atoms with Gasteiger partial charge >= 0.3 is 0 Å². The van der Waals surface area contributed by atoms with Gasteiger partial charge in [-0.1, -0.05) is 27.2 Å². The summed E-state index contributed by atoms with van der Waals surface area (Å²) in [5.41, 5.74) is 0.0414. The normalized spacial score (nSPS) is 24.2. The maximum atomic E-state index is 12.4. The number of hydrogen-bond acceptors (Lipinski definition) is 3. The van der Waals surface area contributed by atoms with Crippen LogP contribution in [0.5, 0.6) is 0 Å². The van der Waals surface area contributed by atoms with Crippen LogP contribution in [-0.4, -0.2) is 47.9 Å². The van der Waals surface area contributed by atoms with Crippen LogP contribution in [0.1, 0.15) is 59.3 Å². The molecule has 5 heteroatoms. The molecule has 2 fully saturated rings. The minimum Gasteiger partial charge on any atom is -0.353 e. The Kier molecular flexibility index (Phi) is 5.84. The van der Waals surface area contributed by atoms with Crippen LogP contribution in [0.15, 0.2) is 0 Å². The largest absolute Gasteiger partial charge is 0.353 e. The Morgan fingerprint density at radius 1 is 1.45 bits per heavy atom. The lowest BCUT2D eigenvalue weighted by molar-refractivity contribution is -0.134. The van der Waals surface area contributed by atoms with Crippen molar-refractivity contribution in [3.8, 4) is 0 Å². The number of piperazine rings is 1. The van der Waals surface area contributed by atoms with E-state index in [1.807, 2.05) is 0 Å². The van der Waals surface area contributed by atoms with E-state index in [0.29, 0.717) is 12.5 Å². The molecule has 1 heterocycles. The van der Waals surface area contributed by atoms with Crippen LogP contribution in [0.25, 0.3) is 0 Å². The van der Waals surface area contributed by atoms with Crippen LogP contribution in [0.3, 0.4) is 0 Å². The summed E-state index contributed by atoms with van der Waals surface area (Å²) in [5, 5.41) is 6.07. The predicted molar refractivity (Wildman–Crippen MR) is 87.5 cm³/mol. The molecule has 1 atom stereocenters. The Labute approximate surface area is 134 Å². The monoisotopic (exact) mass is 309 g/mol. The van der Waals surface area contributed by atoms with E-state index in [1.54, 1.807) is 0 Å². The first-order valence-electron chi connectivity index (χ1n) is 8.78. The highest BCUT2D eigenvalue weighted by atomic mass is 16.2. The zero-order valence-corrected chi connectivity index (χ0v) is 14.3. The molecule has 1 saturated heterocycles. The van der Waals surface area contributed by atoms with Gasteiger partial charge in [-0.05, 0) is 38.1 Å². The predicted octanol–water partition coefficient (Wildman–Crippen LogP) is 1.67. The van der Waals surface area contributed by atoms with Crippen molar-refractivity contribution in [3.63, 3.8) is 0 Å². The van der Waals surface area contributed by atoms with Crippen molar-refractivity contribution in [1.82, 2.24) is 15.5 Å². The molecule has 0 bridgehead atoms. The van der Waals surface area contributed by atoms with E-state index in [0.717, 1.165) is 45.2 Å². The second-order valence-corrected chi connectivity index (χ2v) is 7.31. The Morgan fingerprint density at radius 3 is 2.77 bits per heavy atom. The lowest BCUT2D eigenvalue weighted by Crippen LogP contribution is -2.57. The van der Waals surface area contributed by atoms with Crippen molar-refractivity contribution in [1.29, 1.82) is 0 Å². The summed E-state index contributed by atoms with van der Waals surface area (Å²) < 4.78 is 0. The Bertz CT molecular complexity index is 405. The third-order valence-corrected chi connectivity index (χ3v) is 4.80. The highest BCUT2D eigenvalue weighted by molar-refractivity contribution is 5.89. The van der Waals surface area contributed by atoms with Crippen molar-refractivity contribution in [3.05, 3.63) is 0 Å². The first kappa shape index (κ1) is 17.3. The number of nitrogens with one attached hydrogen (secondary N) is 2. The van der Waals surface area contributed by atoms with E-state index in [9.17, 15) is 9.59 Å². The average Bonchev–Trinajstić information content (AvgIpc) is 3.19. The van der Waals surface area contributed by atoms with Crippen LogP contribution >= 0.6 is 0 Å². The van der Waals surface area contributed by atoms with Crippen LogP contribution in [0.4, 0.5) is 0 Å². The minimum absolute atomic E-state index is 0.00509. The van der Waals surface area contributed by atoms with Gasteiger partial charge in [-0.25, -0.2) is 0 Å². The van der Waals surface area contributed by atoms with E-state index in [-0.39, 0.29) is 29.8 Å². The van der Waals surface area contributed by atoms with Crippen LogP contribution in [0, 0.1) is 5.92 Å². The third-order valence-electron chi connectivity index (χ3n) is 4.80. The number of carbonyl (C=O) groups is 2. The maximum Gasteiger partial charge on any atom is 0.237 e. The highest BCUT2D eigenvalue weighted by Crippen LogP contribution is 2.39. The first-order valence-corrected chi connectivity index (χ1v) is 8.78. The maximum absolute atomic E-state index is 12.4. The van der Waals surface area contributed by atoms with E-state index in [2.05, 4.69) is 36.3 Å². The number of amides is 2. The quantitative estimate of drug-likeness (QED) is 0.717. The molecule has 126 valence electrons. The first-order chi connectivity index (χ1) is 10.5. The Balaban J connectivity index is 1.88. The van der Waals surface area contributed by atoms with Crippen LogP contribution in [0.2, 0.25) is 0 Å². The molecule has 2 rings (SSSR count). The number of carbonyl (C=O) groups excluding carboxylic acids is 2. The van der Waals surface area contributed by atoms with Crippen molar-refractivity contribution in [2.75, 3.05) is 19.6 Å². The zero-order valence-electron chi connectivity index (χ0n) is 14.3. The molecule has 0 radical (unpaired) electrons. The van der Waals surface area contributed by atoms with Crippen molar-refractivity contribution in [2.24, 2.45) is 5.92 Å². The topological polar surface area (TPSA) is 61.4 Å². The van der Waals surface area contributed by atoms with Gasteiger partial charge in [0.25, 0.3) is 0 Å². The molecule has 0 unspecified atom stereocenters. The minimum atomic E-state index is -0.301. The number of rotatable bonds is 8. The van der Waals surface area contributed by atoms with Gasteiger partial charge in [-0.15, -0.1) is 0 Å². The van der Waals surface area contributed by atoms with E-state index in [1.165, 1.54) is 0 Å². The molecule has 1 aliphatic carbocycles. The fraction of sp³-hybridized carbons (Fsp3) is 0.882. The van der Waals surface area contributed by atoms with Gasteiger partial charge < -0.3 is 10.6 Å². The summed E-state index contributed by atoms with van der Waals surface area (Å²) in [6.07, 6.45) is 5.65. The molecule has 1 aliphatic heterocycles. The molecule has 0 aromatic rings. The van der Waals surface area contributed by atoms with E-state index < -0.39 is 0 Å². The van der Waals surface area contributed by atoms with Gasteiger partial charge in [-0.3, -0.25) is 14.5 Å². The van der Waals surface area contributed by atoms with Gasteiger partial charge in [0, 0.05) is 18.6 Å². The summed E-state index contributed by atoms with van der Waals surface area (Å²) in [7, 11) is 0. The molecule has 1 saturated carbocycles. The lowest BCUT2D eigenvalue weighted by atomic mass is 10.0. The lowest BCUT2D eigenvalue weighted by Gasteiger charge is -2.35. The van der Waals surface area contributed by atoms with Crippen molar-refractivity contribution >= 4 is 11.8 Å². The molecular formula is C17H31N3O2. The van der Waals surface area contributed by atoms with E-state index in [4.69, 9.17) is 0 Å². The molecule has 2 amide bonds. The summed E-state index contributed by atoms with van der Waals surface area (Å²) in [4.78, 5) is 26.7. The molecule has 22 heavy (non-hydrogen) atoms. The molecular weight excluding hydrogens is 278 g/mol. The standard InChI is InChI=1S/C17H31N3O2/c1-4-6-17(7-8-17)19-15(21)12-14-16(22)18-9-11-20(14)10-5-13(2)3/h13-14H,4-12H2,1-3H3,(H,18,22)(H,19,21)/t14-/m0/s1. The molecule has 5 nitrogen and oxygen atoms in total. The molecule has 2 N–H and O–H groups in total. The molecule has 2 aliphatic rings. The van der Waals surface area contributed by atoms with Gasteiger partial charge in [0.05, 0.1) is 12.5 Å². The van der Waals surface area contributed by atoms with Crippen LogP contribution in [-0.2, 0) is 9.59 Å². The fourth-order valence-corrected chi connectivity index (χ4v) is 3.26. The van der Waals surface area contributed by atoms with Crippen LogP contribution < -0.4 is 10.6 Å². The Hall–Kier alpha value is -1.10. The molecule has 0 aromatic carbocycles. The van der Waals surface area contributed by atoms with Gasteiger partial charge in [0.15, 0.2) is 0 Å². The third kappa shape index (κ3) is 4.70. The van der Waals surface area contributed by atoms with Crippen molar-refractivity contribution in [2.45, 2.75) is 70.9 Å². The van der Waals surface area contributed by atoms with Gasteiger partial charge in [0.1, 0.15) is 0 Å². The van der Waals surface area contributed by atoms with Crippen molar-refractivity contribution < 1.29 is 9.59 Å². The summed E-state index contributed by atoms with van der Waals surface area (Å²) in [6, 6.07) is -0.301. The zero-order chi connectivity index (χ0) is 16.2. The fourth-order valence-electron chi connectivity index (χ4n) is 3.26. The second-order valence-electron chi connectivity index (χ2n) is 7.31. The number of hydrogen-bond donors (Lipinski definition) is 2. The average molecular weight is 309 g/mol.